The van der Waals surface area contributed by atoms with E-state index < -0.39 is 36.4 Å². The normalized spacial score (nSPS) is 21.8. The van der Waals surface area contributed by atoms with Crippen LogP contribution in [0.5, 0.6) is 5.75 Å². The SMILES string of the molecule is C#C[C@H]1CCC(c2nc3c(ccc4cc5c(cc43)OCc3cc(-c4cnc([C@@H]6CC[C@H](C)N6C(=O)[C@@H](NC(=O)OC)C(C)C)[nH]4)ccc3-5)[nH]2)N1C(=O)[C@@H](NC(=O)OC)C1CCOCC1. The zero-order valence-electron chi connectivity index (χ0n) is 36.7. The first-order valence-corrected chi connectivity index (χ1v) is 22.1. The molecule has 1 unspecified atom stereocenters. The zero-order chi connectivity index (χ0) is 44.8. The van der Waals surface area contributed by atoms with Gasteiger partial charge < -0.3 is 49.3 Å². The van der Waals surface area contributed by atoms with E-state index in [1.807, 2.05) is 37.8 Å². The summed E-state index contributed by atoms with van der Waals surface area (Å²) in [5.41, 5.74) is 6.41. The molecule has 4 amide bonds. The molecule has 4 N–H and O–H groups in total. The number of carbonyl (C=O) groups excluding carboxylic acids is 4. The number of H-pyrrole nitrogens is 2. The number of fused-ring (bicyclic) bond motifs is 6. The standard InChI is InChI=1S/C48H54N8O8/c1-7-31-11-15-38(56(31)46(58)41(54-48(60)62-6)27-16-18-63-19-17-27)44-50-35-13-10-28-21-34-32-12-9-29(20-30(32)24-64-39(34)22-33(28)42(35)52-44)36-23-49-43(51-36)37-14-8-26(4)55(37)45(57)40(25(2)3)53-47(59)61-5/h1,9-10,12-13,20-23,25-27,31,37-38,40-41H,8,11,14-19,24H2,2-6H3,(H,49,51)(H,50,52)(H,53,59)(H,54,60)/t26-,31-,37-,38?,40-,41-/m0/s1. The number of nitrogens with zero attached hydrogens (tertiary/aromatic N) is 4. The molecule has 0 spiro atoms. The van der Waals surface area contributed by atoms with Crippen molar-refractivity contribution in [3.05, 3.63) is 65.9 Å². The third-order valence-electron chi connectivity index (χ3n) is 13.5. The highest BCUT2D eigenvalue weighted by Crippen LogP contribution is 2.44. The van der Waals surface area contributed by atoms with Crippen molar-refractivity contribution in [1.82, 2.24) is 40.4 Å². The third kappa shape index (κ3) is 7.75. The van der Waals surface area contributed by atoms with Gasteiger partial charge in [-0.05, 0) is 104 Å². The number of carbonyl (C=O) groups is 4. The number of alkyl carbamates (subject to hydrolysis) is 2. The predicted molar refractivity (Wildman–Crippen MR) is 238 cm³/mol. The number of ether oxygens (including phenoxy) is 4. The molecule has 334 valence electrons. The quantitative estimate of drug-likeness (QED) is 0.113. The smallest absolute Gasteiger partial charge is 0.407 e. The molecule has 0 saturated carbocycles. The summed E-state index contributed by atoms with van der Waals surface area (Å²) >= 11 is 0. The van der Waals surface area contributed by atoms with E-state index in [-0.39, 0.29) is 35.7 Å². The number of imidazole rings is 2. The molecule has 0 aliphatic carbocycles. The molecule has 0 radical (unpaired) electrons. The second-order valence-corrected chi connectivity index (χ2v) is 17.6. The maximum Gasteiger partial charge on any atom is 0.407 e. The Morgan fingerprint density at radius 2 is 1.61 bits per heavy atom. The fourth-order valence-corrected chi connectivity index (χ4v) is 10.1. The van der Waals surface area contributed by atoms with Crippen LogP contribution in [0.3, 0.4) is 0 Å². The second-order valence-electron chi connectivity index (χ2n) is 17.6. The van der Waals surface area contributed by atoms with Crippen LogP contribution in [0.1, 0.15) is 88.6 Å². The van der Waals surface area contributed by atoms with E-state index in [2.05, 4.69) is 56.9 Å². The van der Waals surface area contributed by atoms with Gasteiger partial charge in [0.25, 0.3) is 0 Å². The minimum atomic E-state index is -0.816. The summed E-state index contributed by atoms with van der Waals surface area (Å²) in [6.45, 7) is 7.20. The lowest BCUT2D eigenvalue weighted by Crippen LogP contribution is -2.54. The number of rotatable bonds is 9. The van der Waals surface area contributed by atoms with E-state index in [0.29, 0.717) is 57.2 Å². The number of hydrogen-bond donors (Lipinski definition) is 4. The first-order chi connectivity index (χ1) is 31.0. The molecule has 5 aromatic rings. The first kappa shape index (κ1) is 42.7. The molecule has 2 aromatic heterocycles. The topological polar surface area (TPSA) is 193 Å². The Morgan fingerprint density at radius 3 is 2.36 bits per heavy atom. The van der Waals surface area contributed by atoms with Crippen molar-refractivity contribution in [1.29, 1.82) is 0 Å². The molecule has 16 nitrogen and oxygen atoms in total. The van der Waals surface area contributed by atoms with Crippen molar-refractivity contribution in [3.8, 4) is 40.5 Å². The Balaban J connectivity index is 0.972. The average Bonchev–Trinajstić information content (AvgIpc) is 4.14. The maximum atomic E-state index is 14.4. The summed E-state index contributed by atoms with van der Waals surface area (Å²) < 4.78 is 21.7. The molecule has 4 aliphatic rings. The van der Waals surface area contributed by atoms with Crippen LogP contribution in [0, 0.1) is 24.2 Å². The monoisotopic (exact) mass is 870 g/mol. The molecular formula is C48H54N8O8. The van der Waals surface area contributed by atoms with Crippen LogP contribution >= 0.6 is 0 Å². The van der Waals surface area contributed by atoms with Gasteiger partial charge in [-0.2, -0.15) is 0 Å². The van der Waals surface area contributed by atoms with E-state index in [1.54, 1.807) is 11.1 Å². The number of terminal acetylenes is 1. The van der Waals surface area contributed by atoms with Crippen LogP contribution < -0.4 is 15.4 Å². The Bertz CT molecular complexity index is 2660. The van der Waals surface area contributed by atoms with E-state index >= 15 is 0 Å². The lowest BCUT2D eigenvalue weighted by molar-refractivity contribution is -0.138. The Kier molecular flexibility index (Phi) is 11.7. The van der Waals surface area contributed by atoms with Gasteiger partial charge in [0, 0.05) is 30.2 Å². The second kappa shape index (κ2) is 17.5. The summed E-state index contributed by atoms with van der Waals surface area (Å²) in [5.74, 6) is 4.22. The van der Waals surface area contributed by atoms with Crippen LogP contribution in [-0.4, -0.2) is 105 Å². The number of likely N-dealkylation sites (tertiary alicyclic amines) is 2. The lowest BCUT2D eigenvalue weighted by Gasteiger charge is -2.35. The van der Waals surface area contributed by atoms with Gasteiger partial charge in [-0.25, -0.2) is 19.6 Å². The van der Waals surface area contributed by atoms with E-state index in [4.69, 9.17) is 35.3 Å². The Hall–Kier alpha value is -6.60. The Labute approximate surface area is 371 Å². The lowest BCUT2D eigenvalue weighted by atomic mass is 9.90. The molecule has 3 saturated heterocycles. The molecule has 9 rings (SSSR count). The third-order valence-corrected chi connectivity index (χ3v) is 13.5. The molecule has 4 aliphatic heterocycles. The van der Waals surface area contributed by atoms with E-state index in [9.17, 15) is 19.2 Å². The van der Waals surface area contributed by atoms with Gasteiger partial charge in [0.15, 0.2) is 0 Å². The highest BCUT2D eigenvalue weighted by Gasteiger charge is 2.45. The maximum absolute atomic E-state index is 14.4. The molecule has 6 heterocycles. The van der Waals surface area contributed by atoms with Crippen molar-refractivity contribution >= 4 is 45.8 Å². The molecular weight excluding hydrogens is 817 g/mol. The highest BCUT2D eigenvalue weighted by molar-refractivity contribution is 6.07. The number of amides is 4. The van der Waals surface area contributed by atoms with Gasteiger partial charge in [-0.3, -0.25) is 9.59 Å². The van der Waals surface area contributed by atoms with Gasteiger partial charge in [0.05, 0.1) is 55.3 Å². The number of benzene rings is 3. The fraction of sp³-hybridized carbons (Fsp3) is 0.458. The van der Waals surface area contributed by atoms with Gasteiger partial charge in [0.2, 0.25) is 11.8 Å². The van der Waals surface area contributed by atoms with E-state index in [0.717, 1.165) is 68.3 Å². The van der Waals surface area contributed by atoms with Crippen molar-refractivity contribution in [2.75, 3.05) is 27.4 Å². The van der Waals surface area contributed by atoms with Crippen LogP contribution in [0.2, 0.25) is 0 Å². The number of aromatic amines is 2. The minimum Gasteiger partial charge on any atom is -0.488 e. The van der Waals surface area contributed by atoms with Crippen molar-refractivity contribution in [2.24, 2.45) is 11.8 Å². The van der Waals surface area contributed by atoms with Crippen molar-refractivity contribution in [2.45, 2.75) is 102 Å². The largest absolute Gasteiger partial charge is 0.488 e. The molecule has 3 fully saturated rings. The molecule has 16 heteroatoms. The number of aromatic nitrogens is 4. The van der Waals surface area contributed by atoms with Crippen LogP contribution in [0.25, 0.3) is 44.2 Å². The first-order valence-electron chi connectivity index (χ1n) is 22.1. The number of methoxy groups -OCH3 is 2. The van der Waals surface area contributed by atoms with Crippen molar-refractivity contribution in [3.63, 3.8) is 0 Å². The number of nitrogens with one attached hydrogen (secondary N) is 4. The fourth-order valence-electron chi connectivity index (χ4n) is 10.1. The summed E-state index contributed by atoms with van der Waals surface area (Å²) in [4.78, 5) is 73.4. The van der Waals surface area contributed by atoms with Crippen LogP contribution in [0.4, 0.5) is 9.59 Å². The minimum absolute atomic E-state index is 0.0246. The molecule has 3 aromatic carbocycles. The molecule has 0 bridgehead atoms. The zero-order valence-corrected chi connectivity index (χ0v) is 36.7. The predicted octanol–water partition coefficient (Wildman–Crippen LogP) is 6.91. The van der Waals surface area contributed by atoms with Crippen LogP contribution in [-0.2, 0) is 30.4 Å². The summed E-state index contributed by atoms with van der Waals surface area (Å²) in [5, 5.41) is 7.43. The molecule has 64 heavy (non-hydrogen) atoms. The summed E-state index contributed by atoms with van der Waals surface area (Å²) in [7, 11) is 2.57. The van der Waals surface area contributed by atoms with Gasteiger partial charge >= 0.3 is 12.2 Å². The van der Waals surface area contributed by atoms with E-state index in [1.165, 1.54) is 14.2 Å². The van der Waals surface area contributed by atoms with Gasteiger partial charge in [-0.1, -0.05) is 38.0 Å². The molecule has 6 atom stereocenters. The highest BCUT2D eigenvalue weighted by atomic mass is 16.5. The van der Waals surface area contributed by atoms with Gasteiger partial charge in [-0.15, -0.1) is 6.42 Å². The van der Waals surface area contributed by atoms with Gasteiger partial charge in [0.1, 0.15) is 36.1 Å². The van der Waals surface area contributed by atoms with Crippen molar-refractivity contribution < 1.29 is 38.1 Å². The summed E-state index contributed by atoms with van der Waals surface area (Å²) in [6.07, 6.45) is 10.5. The van der Waals surface area contributed by atoms with Crippen LogP contribution in [0.15, 0.2) is 48.7 Å². The Morgan fingerprint density at radius 1 is 0.859 bits per heavy atom. The average molecular weight is 871 g/mol. The number of hydrogen-bond acceptors (Lipinski definition) is 10. The summed E-state index contributed by atoms with van der Waals surface area (Å²) in [6, 6.07) is 11.8.